The van der Waals surface area contributed by atoms with Crippen LogP contribution in [-0.4, -0.2) is 50.9 Å². The Morgan fingerprint density at radius 1 is 0.872 bits per heavy atom. The third-order valence-electron chi connectivity index (χ3n) is 7.27. The number of anilines is 1. The van der Waals surface area contributed by atoms with E-state index in [9.17, 15) is 18.0 Å². The van der Waals surface area contributed by atoms with Crippen molar-refractivity contribution in [3.63, 3.8) is 0 Å². The fraction of sp³-hybridized carbons (Fsp3) is 0.257. The first-order valence-electron chi connectivity index (χ1n) is 15.1. The van der Waals surface area contributed by atoms with E-state index in [0.29, 0.717) is 45.4 Å². The molecule has 0 saturated carbocycles. The van der Waals surface area contributed by atoms with Gasteiger partial charge in [0.1, 0.15) is 18.3 Å². The van der Waals surface area contributed by atoms with Crippen LogP contribution in [0.15, 0.2) is 106 Å². The number of halogens is 3. The maximum Gasteiger partial charge on any atom is 0.264 e. The molecule has 0 aliphatic rings. The number of nitrogens with one attached hydrogen (secondary N) is 1. The molecule has 4 rings (SSSR count). The standard InChI is InChI=1S/C35H36BrCl2N3O5S/c1-3-20-39-35(43)33(22-25-8-6-5-7-9-25)40(23-26-10-19-31(37)32(38)21-26)34(42)24-41(28-13-15-29(16-14-28)46-4-2)47(44,45)30-17-11-27(36)12-18-30/h5-19,21,33H,3-4,20,22-24H2,1-2H3,(H,39,43)/t33-/m1/s1. The molecule has 4 aromatic rings. The van der Waals surface area contributed by atoms with Gasteiger partial charge in [-0.2, -0.15) is 0 Å². The number of carbonyl (C=O) groups excluding carboxylic acids is 2. The van der Waals surface area contributed by atoms with Crippen molar-refractivity contribution in [2.24, 2.45) is 0 Å². The number of carbonyl (C=O) groups is 2. The van der Waals surface area contributed by atoms with Crippen molar-refractivity contribution in [1.29, 1.82) is 0 Å². The van der Waals surface area contributed by atoms with Crippen molar-refractivity contribution in [3.8, 4) is 5.75 Å². The molecule has 0 fully saturated rings. The highest BCUT2D eigenvalue weighted by Gasteiger charge is 2.34. The van der Waals surface area contributed by atoms with E-state index in [2.05, 4.69) is 21.2 Å². The van der Waals surface area contributed by atoms with Crippen molar-refractivity contribution < 1.29 is 22.7 Å². The molecule has 1 atom stereocenters. The Bertz CT molecular complexity index is 1760. The third kappa shape index (κ3) is 9.73. The summed E-state index contributed by atoms with van der Waals surface area (Å²) in [7, 11) is -4.24. The summed E-state index contributed by atoms with van der Waals surface area (Å²) in [5, 5.41) is 3.57. The molecule has 0 aromatic heterocycles. The molecule has 0 unspecified atom stereocenters. The molecular weight excluding hydrogens is 725 g/mol. The average molecular weight is 762 g/mol. The number of hydrogen-bond acceptors (Lipinski definition) is 5. The van der Waals surface area contributed by atoms with Crippen molar-refractivity contribution in [2.75, 3.05) is 24.0 Å². The van der Waals surface area contributed by atoms with Gasteiger partial charge >= 0.3 is 0 Å². The molecule has 2 amide bonds. The van der Waals surface area contributed by atoms with Crippen LogP contribution in [0.5, 0.6) is 5.75 Å². The highest BCUT2D eigenvalue weighted by Crippen LogP contribution is 2.29. The summed E-state index contributed by atoms with van der Waals surface area (Å²) in [4.78, 5) is 29.7. The van der Waals surface area contributed by atoms with Gasteiger partial charge in [-0.3, -0.25) is 13.9 Å². The minimum absolute atomic E-state index is 0.0000535. The van der Waals surface area contributed by atoms with Gasteiger partial charge in [0.15, 0.2) is 0 Å². The van der Waals surface area contributed by atoms with Gasteiger partial charge in [-0.15, -0.1) is 0 Å². The third-order valence-corrected chi connectivity index (χ3v) is 10.3. The van der Waals surface area contributed by atoms with Crippen LogP contribution in [0, 0.1) is 0 Å². The van der Waals surface area contributed by atoms with Gasteiger partial charge in [-0.1, -0.05) is 82.5 Å². The van der Waals surface area contributed by atoms with Crippen LogP contribution in [0.4, 0.5) is 5.69 Å². The summed E-state index contributed by atoms with van der Waals surface area (Å²) in [6.07, 6.45) is 0.896. The Labute approximate surface area is 294 Å². The number of rotatable bonds is 15. The zero-order chi connectivity index (χ0) is 34.0. The van der Waals surface area contributed by atoms with Gasteiger partial charge in [-0.05, 0) is 85.1 Å². The molecule has 0 aliphatic carbocycles. The van der Waals surface area contributed by atoms with E-state index in [1.807, 2.05) is 44.2 Å². The average Bonchev–Trinajstić information content (AvgIpc) is 3.06. The van der Waals surface area contributed by atoms with Crippen LogP contribution in [0.25, 0.3) is 0 Å². The monoisotopic (exact) mass is 759 g/mol. The van der Waals surface area contributed by atoms with E-state index < -0.39 is 28.5 Å². The minimum Gasteiger partial charge on any atom is -0.494 e. The first-order valence-corrected chi connectivity index (χ1v) is 18.1. The lowest BCUT2D eigenvalue weighted by Crippen LogP contribution is -2.53. The summed E-state index contributed by atoms with van der Waals surface area (Å²) < 4.78 is 35.7. The molecule has 0 heterocycles. The predicted molar refractivity (Wildman–Crippen MR) is 191 cm³/mol. The first-order chi connectivity index (χ1) is 22.5. The molecule has 47 heavy (non-hydrogen) atoms. The largest absolute Gasteiger partial charge is 0.494 e. The quantitative estimate of drug-likeness (QED) is 0.135. The Morgan fingerprint density at radius 2 is 1.55 bits per heavy atom. The summed E-state index contributed by atoms with van der Waals surface area (Å²) >= 11 is 15.9. The highest BCUT2D eigenvalue weighted by molar-refractivity contribution is 9.10. The van der Waals surface area contributed by atoms with E-state index >= 15 is 0 Å². The van der Waals surface area contributed by atoms with E-state index in [-0.39, 0.29) is 29.5 Å². The Balaban J connectivity index is 1.81. The number of benzene rings is 4. The van der Waals surface area contributed by atoms with E-state index in [1.165, 1.54) is 17.0 Å². The lowest BCUT2D eigenvalue weighted by molar-refractivity contribution is -0.140. The lowest BCUT2D eigenvalue weighted by atomic mass is 10.0. The van der Waals surface area contributed by atoms with E-state index in [1.54, 1.807) is 54.6 Å². The Hall–Kier alpha value is -3.57. The van der Waals surface area contributed by atoms with Crippen LogP contribution < -0.4 is 14.4 Å². The molecule has 4 aromatic carbocycles. The van der Waals surface area contributed by atoms with Crippen molar-refractivity contribution in [3.05, 3.63) is 123 Å². The first kappa shape index (κ1) is 36.3. The molecule has 248 valence electrons. The summed E-state index contributed by atoms with van der Waals surface area (Å²) in [6.45, 7) is 4.03. The molecule has 8 nitrogen and oxygen atoms in total. The SMILES string of the molecule is CCCNC(=O)[C@@H](Cc1ccccc1)N(Cc1ccc(Cl)c(Cl)c1)C(=O)CN(c1ccc(OCC)cc1)S(=O)(=O)c1ccc(Br)cc1. The number of nitrogens with zero attached hydrogens (tertiary/aromatic N) is 2. The zero-order valence-electron chi connectivity index (χ0n) is 26.0. The maximum absolute atomic E-state index is 14.5. The topological polar surface area (TPSA) is 96.0 Å². The van der Waals surface area contributed by atoms with Crippen molar-refractivity contribution >= 4 is 66.7 Å². The minimum atomic E-state index is -4.24. The number of amides is 2. The molecule has 0 spiro atoms. The van der Waals surface area contributed by atoms with Crippen LogP contribution in [0.3, 0.4) is 0 Å². The zero-order valence-corrected chi connectivity index (χ0v) is 29.9. The van der Waals surface area contributed by atoms with Gasteiger partial charge < -0.3 is 15.0 Å². The maximum atomic E-state index is 14.5. The Morgan fingerprint density at radius 3 is 2.17 bits per heavy atom. The van der Waals surface area contributed by atoms with Gasteiger partial charge in [0.05, 0.1) is 27.2 Å². The lowest BCUT2D eigenvalue weighted by Gasteiger charge is -2.34. The van der Waals surface area contributed by atoms with Crippen LogP contribution in [0.1, 0.15) is 31.4 Å². The van der Waals surface area contributed by atoms with Crippen LogP contribution in [-0.2, 0) is 32.6 Å². The number of sulfonamides is 1. The molecular formula is C35H36BrCl2N3O5S. The Kier molecular flexibility index (Phi) is 13.1. The summed E-state index contributed by atoms with van der Waals surface area (Å²) in [5.74, 6) is -0.383. The van der Waals surface area contributed by atoms with Gasteiger partial charge in [0.2, 0.25) is 11.8 Å². The molecule has 0 radical (unpaired) electrons. The normalized spacial score (nSPS) is 11.9. The van der Waals surface area contributed by atoms with E-state index in [4.69, 9.17) is 27.9 Å². The molecule has 0 aliphatic heterocycles. The second-order valence-corrected chi connectivity index (χ2v) is 14.3. The predicted octanol–water partition coefficient (Wildman–Crippen LogP) is 7.52. The van der Waals surface area contributed by atoms with Gasteiger partial charge in [0.25, 0.3) is 10.0 Å². The fourth-order valence-electron chi connectivity index (χ4n) is 4.89. The van der Waals surface area contributed by atoms with Crippen LogP contribution in [0.2, 0.25) is 10.0 Å². The molecule has 1 N–H and O–H groups in total. The van der Waals surface area contributed by atoms with E-state index in [0.717, 1.165) is 9.87 Å². The smallest absolute Gasteiger partial charge is 0.264 e. The fourth-order valence-corrected chi connectivity index (χ4v) is 6.89. The van der Waals surface area contributed by atoms with Gasteiger partial charge in [-0.25, -0.2) is 8.42 Å². The van der Waals surface area contributed by atoms with Crippen LogP contribution >= 0.6 is 39.1 Å². The van der Waals surface area contributed by atoms with Crippen molar-refractivity contribution in [2.45, 2.75) is 44.2 Å². The molecule has 0 bridgehead atoms. The highest BCUT2D eigenvalue weighted by atomic mass is 79.9. The number of ether oxygens (including phenoxy) is 1. The second kappa shape index (κ2) is 17.0. The second-order valence-electron chi connectivity index (χ2n) is 10.7. The van der Waals surface area contributed by atoms with Gasteiger partial charge in [0, 0.05) is 24.0 Å². The molecule has 0 saturated heterocycles. The molecule has 12 heteroatoms. The van der Waals surface area contributed by atoms with Crippen molar-refractivity contribution in [1.82, 2.24) is 10.2 Å². The summed E-state index contributed by atoms with van der Waals surface area (Å²) in [6, 6.07) is 26.0. The summed E-state index contributed by atoms with van der Waals surface area (Å²) in [5.41, 5.74) is 1.72. The number of hydrogen-bond donors (Lipinski definition) is 1.